The molecule has 1 saturated heterocycles. The van der Waals surface area contributed by atoms with Crippen LogP contribution >= 0.6 is 11.6 Å². The molecule has 5 aromatic carbocycles. The summed E-state index contributed by atoms with van der Waals surface area (Å²) in [5.74, 6) is -0.837. The highest BCUT2D eigenvalue weighted by atomic mass is 35.5. The van der Waals surface area contributed by atoms with Crippen LogP contribution in [0.3, 0.4) is 0 Å². The largest absolute Gasteiger partial charge is 0.507 e. The monoisotopic (exact) mass is 834 g/mol. The lowest BCUT2D eigenvalue weighted by atomic mass is 10.0. The summed E-state index contributed by atoms with van der Waals surface area (Å²) in [7, 11) is -8.98. The number of hydrogen-bond acceptors (Lipinski definition) is 11. The molecule has 0 aromatic heterocycles. The van der Waals surface area contributed by atoms with Gasteiger partial charge in [-0.1, -0.05) is 41.9 Å². The normalized spacial score (nSPS) is 13.5. The van der Waals surface area contributed by atoms with Crippen LogP contribution in [0.1, 0.15) is 39.9 Å². The van der Waals surface area contributed by atoms with Gasteiger partial charge in [-0.25, -0.2) is 21.6 Å². The molecule has 57 heavy (non-hydrogen) atoms. The number of phenolic OH excluding ortho intramolecular Hbond substituents is 1. The molecule has 1 heterocycles. The summed E-state index contributed by atoms with van der Waals surface area (Å²) in [6.07, 6.45) is 1.56. The van der Waals surface area contributed by atoms with Gasteiger partial charge in [0.1, 0.15) is 22.9 Å². The number of nitrogens with zero attached hydrogens (tertiary/aromatic N) is 2. The Morgan fingerprint density at radius 2 is 1.54 bits per heavy atom. The van der Waals surface area contributed by atoms with Crippen molar-refractivity contribution in [2.45, 2.75) is 43.0 Å². The lowest BCUT2D eigenvalue weighted by molar-refractivity contribution is -0.384. The number of phenols is 1. The number of nitro groups is 1. The number of rotatable bonds is 14. The lowest BCUT2D eigenvalue weighted by Crippen LogP contribution is -2.32. The first-order valence-electron chi connectivity index (χ1n) is 17.7. The zero-order valence-corrected chi connectivity index (χ0v) is 33.2. The molecule has 1 aliphatic heterocycles. The number of hydrogen-bond donors (Lipinski definition) is 3. The molecule has 5 aromatic rings. The summed E-state index contributed by atoms with van der Waals surface area (Å²) < 4.78 is 69.1. The maximum atomic E-state index is 14.2. The molecule has 0 unspecified atom stereocenters. The number of nitrogens with one attached hydrogen (secondary N) is 2. The SMILES string of the molecule is Cc1cc(Oc2ccc(S(=O)(=O)N(Cc3ccccc3)c3ccc(C(=O)NS(=O)(=O)c4ccc(NCC5CCOCC5)c([N+](=O)[O-])c4)c(O)c3)cc2)cc(C)c1Cl. The average molecular weight is 835 g/mol. The molecule has 298 valence electrons. The van der Waals surface area contributed by atoms with Crippen molar-refractivity contribution in [2.24, 2.45) is 5.92 Å². The summed E-state index contributed by atoms with van der Waals surface area (Å²) >= 11 is 6.28. The van der Waals surface area contributed by atoms with E-state index in [1.165, 1.54) is 36.4 Å². The van der Waals surface area contributed by atoms with Crippen molar-refractivity contribution in [1.29, 1.82) is 0 Å². The molecule has 6 rings (SSSR count). The molecule has 0 atom stereocenters. The fourth-order valence-corrected chi connectivity index (χ4v) is 8.80. The number of benzene rings is 5. The van der Waals surface area contributed by atoms with Gasteiger partial charge in [0.05, 0.1) is 32.5 Å². The second kappa shape index (κ2) is 17.2. The van der Waals surface area contributed by atoms with Crippen molar-refractivity contribution in [2.75, 3.05) is 29.4 Å². The summed E-state index contributed by atoms with van der Waals surface area (Å²) in [4.78, 5) is 23.8. The Morgan fingerprint density at radius 3 is 2.18 bits per heavy atom. The van der Waals surface area contributed by atoms with Crippen molar-refractivity contribution >= 4 is 54.6 Å². The molecule has 1 fully saturated rings. The molecular weight excluding hydrogens is 796 g/mol. The molecule has 3 N–H and O–H groups in total. The highest BCUT2D eigenvalue weighted by Gasteiger charge is 2.29. The molecule has 0 saturated carbocycles. The number of nitro benzene ring substituents is 1. The minimum atomic E-state index is -4.67. The predicted octanol–water partition coefficient (Wildman–Crippen LogP) is 7.72. The Labute approximate surface area is 335 Å². The molecule has 0 radical (unpaired) electrons. The van der Waals surface area contributed by atoms with Gasteiger partial charge in [-0.2, -0.15) is 0 Å². The number of ether oxygens (including phenoxy) is 2. The maximum Gasteiger partial charge on any atom is 0.293 e. The Hall–Kier alpha value is -5.68. The van der Waals surface area contributed by atoms with Gasteiger partial charge in [-0.05, 0) is 110 Å². The first-order valence-corrected chi connectivity index (χ1v) is 21.0. The van der Waals surface area contributed by atoms with Crippen LogP contribution in [0.4, 0.5) is 17.1 Å². The molecule has 17 heteroatoms. The number of anilines is 2. The van der Waals surface area contributed by atoms with Crippen LogP contribution in [0.15, 0.2) is 113 Å². The van der Waals surface area contributed by atoms with Crippen LogP contribution in [0.2, 0.25) is 5.02 Å². The summed E-state index contributed by atoms with van der Waals surface area (Å²) in [5.41, 5.74) is 1.36. The Balaban J connectivity index is 1.23. The minimum absolute atomic E-state index is 0.0253. The number of amides is 1. The van der Waals surface area contributed by atoms with Gasteiger partial charge >= 0.3 is 0 Å². The summed E-state index contributed by atoms with van der Waals surface area (Å²) in [5, 5.41) is 26.6. The van der Waals surface area contributed by atoms with Crippen LogP contribution in [-0.2, 0) is 31.3 Å². The fraction of sp³-hybridized carbons (Fsp3) is 0.225. The van der Waals surface area contributed by atoms with Gasteiger partial charge in [-0.3, -0.25) is 19.2 Å². The number of carbonyl (C=O) groups excluding carboxylic acids is 1. The first kappa shape index (κ1) is 41.0. The second-order valence-corrected chi connectivity index (χ2v) is 17.4. The van der Waals surface area contributed by atoms with E-state index in [1.807, 2.05) is 18.6 Å². The number of sulfonamides is 2. The van der Waals surface area contributed by atoms with E-state index in [1.54, 1.807) is 42.5 Å². The van der Waals surface area contributed by atoms with Gasteiger partial charge in [0.25, 0.3) is 31.6 Å². The molecule has 0 aliphatic carbocycles. The van der Waals surface area contributed by atoms with Gasteiger partial charge in [0.15, 0.2) is 0 Å². The van der Waals surface area contributed by atoms with Crippen molar-refractivity contribution in [3.05, 3.63) is 141 Å². The molecule has 1 aliphatic rings. The van der Waals surface area contributed by atoms with Crippen LogP contribution in [0, 0.1) is 29.9 Å². The Kier molecular flexibility index (Phi) is 12.4. The lowest BCUT2D eigenvalue weighted by Gasteiger charge is -2.25. The third-order valence-corrected chi connectivity index (χ3v) is 13.1. The highest BCUT2D eigenvalue weighted by Crippen LogP contribution is 2.34. The Bertz CT molecular complexity index is 2490. The fourth-order valence-electron chi connectivity index (χ4n) is 6.26. The van der Waals surface area contributed by atoms with E-state index >= 15 is 0 Å². The van der Waals surface area contributed by atoms with E-state index in [0.29, 0.717) is 41.8 Å². The van der Waals surface area contributed by atoms with Gasteiger partial charge < -0.3 is 19.9 Å². The van der Waals surface area contributed by atoms with Gasteiger partial charge in [0.2, 0.25) is 0 Å². The van der Waals surface area contributed by atoms with Crippen LogP contribution in [-0.4, -0.2) is 52.5 Å². The number of carbonyl (C=O) groups is 1. The van der Waals surface area contributed by atoms with Crippen LogP contribution < -0.4 is 19.1 Å². The van der Waals surface area contributed by atoms with Gasteiger partial charge in [-0.15, -0.1) is 0 Å². The number of halogens is 1. The van der Waals surface area contributed by atoms with E-state index in [0.717, 1.165) is 52.5 Å². The topological polar surface area (TPSA) is 194 Å². The standard InChI is InChI=1S/C40H39ClN4O10S2/c1-26-20-32(21-27(2)39(26)41)55-31-9-11-33(12-10-31)57(52,53)44(25-29-6-4-3-5-7-29)30-8-14-35(38(46)22-30)40(47)43-56(50,51)34-13-15-36(37(23-34)45(48)49)42-24-28-16-18-54-19-17-28/h3-15,20-23,28,42,46H,16-19,24-25H2,1-2H3,(H,43,47). The molecule has 1 amide bonds. The molecular formula is C40H39ClN4O10S2. The summed E-state index contributed by atoms with van der Waals surface area (Å²) in [6, 6.07) is 24.6. The van der Waals surface area contributed by atoms with Crippen molar-refractivity contribution < 1.29 is 41.1 Å². The van der Waals surface area contributed by atoms with Crippen LogP contribution in [0.5, 0.6) is 17.2 Å². The van der Waals surface area contributed by atoms with E-state index in [-0.39, 0.29) is 28.7 Å². The predicted molar refractivity (Wildman–Crippen MR) is 215 cm³/mol. The second-order valence-electron chi connectivity index (χ2n) is 13.5. The van der Waals surface area contributed by atoms with Gasteiger partial charge in [0, 0.05) is 36.9 Å². The molecule has 14 nitrogen and oxygen atoms in total. The van der Waals surface area contributed by atoms with E-state index in [2.05, 4.69) is 5.32 Å². The first-order chi connectivity index (χ1) is 27.1. The zero-order valence-electron chi connectivity index (χ0n) is 30.8. The third-order valence-electron chi connectivity index (χ3n) is 9.37. The summed E-state index contributed by atoms with van der Waals surface area (Å²) in [6.45, 7) is 5.14. The van der Waals surface area contributed by atoms with Crippen molar-refractivity contribution in [3.63, 3.8) is 0 Å². The van der Waals surface area contributed by atoms with E-state index in [9.17, 15) is 36.9 Å². The number of aromatic hydroxyl groups is 1. The molecule has 0 spiro atoms. The van der Waals surface area contributed by atoms with Crippen molar-refractivity contribution in [3.8, 4) is 17.2 Å². The highest BCUT2D eigenvalue weighted by molar-refractivity contribution is 7.92. The Morgan fingerprint density at radius 1 is 0.895 bits per heavy atom. The number of aryl methyl sites for hydroxylation is 2. The van der Waals surface area contributed by atoms with E-state index in [4.69, 9.17) is 21.1 Å². The molecule has 0 bridgehead atoms. The quantitative estimate of drug-likeness (QED) is 0.0732. The van der Waals surface area contributed by atoms with Crippen molar-refractivity contribution in [1.82, 2.24) is 4.72 Å². The van der Waals surface area contributed by atoms with E-state index < -0.39 is 52.8 Å². The van der Waals surface area contributed by atoms with Crippen LogP contribution in [0.25, 0.3) is 0 Å². The minimum Gasteiger partial charge on any atom is -0.507 e. The third kappa shape index (κ3) is 9.65. The zero-order chi connectivity index (χ0) is 40.9. The average Bonchev–Trinajstić information content (AvgIpc) is 3.18. The smallest absolute Gasteiger partial charge is 0.293 e. The maximum absolute atomic E-state index is 14.2.